The number of benzene rings is 2. The molecule has 2 saturated heterocycles. The van der Waals surface area contributed by atoms with Crippen molar-refractivity contribution < 1.29 is 65.9 Å². The van der Waals surface area contributed by atoms with Crippen LogP contribution in [-0.4, -0.2) is 156 Å². The normalized spacial score (nSPS) is 22.0. The molecule has 2 aromatic carbocycles. The lowest BCUT2D eigenvalue weighted by atomic mass is 9.93. The van der Waals surface area contributed by atoms with E-state index in [1.54, 1.807) is 52.9 Å². The summed E-state index contributed by atoms with van der Waals surface area (Å²) in [5.41, 5.74) is 2.12. The Hall–Kier alpha value is -5.67. The van der Waals surface area contributed by atoms with Gasteiger partial charge in [-0.25, -0.2) is 46.7 Å². The molecule has 2 aromatic heterocycles. The number of carboxylic acid groups (broad SMARTS) is 2. The number of hydrogen-bond acceptors (Lipinski definition) is 18. The van der Waals surface area contributed by atoms with Crippen LogP contribution in [0.15, 0.2) is 96.5 Å². The van der Waals surface area contributed by atoms with E-state index < -0.39 is 85.2 Å². The predicted octanol–water partition coefficient (Wildman–Crippen LogP) is 6.04. The number of ether oxygens (including phenoxy) is 4. The number of thiazole rings is 2. The van der Waals surface area contributed by atoms with E-state index in [-0.39, 0.29) is 68.8 Å². The Morgan fingerprint density at radius 2 is 1.18 bits per heavy atom. The molecule has 0 bridgehead atoms. The van der Waals surface area contributed by atoms with Gasteiger partial charge in [0.15, 0.2) is 21.7 Å². The average molecular weight is 1130 g/mol. The summed E-state index contributed by atoms with van der Waals surface area (Å²) in [6, 6.07) is 4.77. The number of alkyl halides is 2. The summed E-state index contributed by atoms with van der Waals surface area (Å²) in [5, 5.41) is 28.7. The van der Waals surface area contributed by atoms with Crippen LogP contribution in [0.4, 0.5) is 17.6 Å². The number of carbonyl (C=O) groups is 4. The Balaban J connectivity index is 0.000000211. The number of likely N-dealkylation sites (tertiary alicyclic amines) is 2. The first-order chi connectivity index (χ1) is 34.6. The molecular weight excluding hydrogens is 1080 g/mol. The number of aliphatic imine (C=N–C) groups is 2. The fourth-order valence-electron chi connectivity index (χ4n) is 8.00. The summed E-state index contributed by atoms with van der Waals surface area (Å²) in [7, 11) is 0. The van der Waals surface area contributed by atoms with Crippen LogP contribution in [-0.2, 0) is 38.1 Å². The van der Waals surface area contributed by atoms with Crippen molar-refractivity contribution in [2.75, 3.05) is 65.8 Å². The third-order valence-electron chi connectivity index (χ3n) is 11.4. The van der Waals surface area contributed by atoms with Gasteiger partial charge in [-0.3, -0.25) is 19.8 Å². The maximum atomic E-state index is 14.3. The second kappa shape index (κ2) is 24.8. The van der Waals surface area contributed by atoms with Crippen LogP contribution < -0.4 is 10.6 Å². The molecule has 0 aliphatic carbocycles. The number of carbonyl (C=O) groups excluding carboxylic acids is 2. The third kappa shape index (κ3) is 13.1. The van der Waals surface area contributed by atoms with Crippen molar-refractivity contribution in [2.24, 2.45) is 9.98 Å². The first-order valence-electron chi connectivity index (χ1n) is 22.1. The highest BCUT2D eigenvalue weighted by Gasteiger charge is 2.44. The van der Waals surface area contributed by atoms with E-state index in [1.807, 2.05) is 0 Å². The Morgan fingerprint density at radius 3 is 1.57 bits per heavy atom. The number of aromatic nitrogens is 2. The highest BCUT2D eigenvalue weighted by molar-refractivity contribution is 9.10. The molecule has 4 aromatic rings. The van der Waals surface area contributed by atoms with E-state index in [4.69, 9.17) is 45.8 Å². The first kappa shape index (κ1) is 54.1. The van der Waals surface area contributed by atoms with Crippen LogP contribution >= 0.6 is 50.2 Å². The molecule has 0 saturated carbocycles. The van der Waals surface area contributed by atoms with Gasteiger partial charge in [0, 0.05) is 75.8 Å². The van der Waals surface area contributed by atoms with Gasteiger partial charge in [0.05, 0.1) is 49.7 Å². The molecule has 0 amide bonds. The van der Waals surface area contributed by atoms with Gasteiger partial charge in [0.1, 0.15) is 49.3 Å². The Kier molecular flexibility index (Phi) is 18.7. The average Bonchev–Trinajstić information content (AvgIpc) is 4.08. The monoisotopic (exact) mass is 1120 g/mol. The van der Waals surface area contributed by atoms with E-state index in [0.717, 1.165) is 6.07 Å². The number of amidine groups is 2. The molecule has 0 spiro atoms. The lowest BCUT2D eigenvalue weighted by molar-refractivity contribution is -0.145. The standard InChI is InChI=1S/C23H23BrF2N4O5S.C23H23ClF2N4O5S/c2*1-2-35-23(33)19-16(9-30-8-15(26)17(30)10-34-11-18(31)32)28-21(22-27-5-6-36-22)29-20(19)13-4-3-12(25)7-14(13)24/h2*3-7,15,17,20H,2,8-11H2,1H3,(H,28,29)(H,31,32). The summed E-state index contributed by atoms with van der Waals surface area (Å²) in [4.78, 5) is 69.3. The number of nitrogens with zero attached hydrogens (tertiary/aromatic N) is 6. The van der Waals surface area contributed by atoms with Gasteiger partial charge in [0.25, 0.3) is 0 Å². The summed E-state index contributed by atoms with van der Waals surface area (Å²) in [5.74, 6) is -3.77. The highest BCUT2D eigenvalue weighted by atomic mass is 79.9. The van der Waals surface area contributed by atoms with Crippen molar-refractivity contribution in [3.05, 3.63) is 124 Å². The van der Waals surface area contributed by atoms with E-state index in [0.29, 0.717) is 48.7 Å². The summed E-state index contributed by atoms with van der Waals surface area (Å²) < 4.78 is 77.6. The molecule has 18 nitrogen and oxygen atoms in total. The summed E-state index contributed by atoms with van der Waals surface area (Å²) in [6.07, 6.45) is 0.801. The van der Waals surface area contributed by atoms with Crippen LogP contribution in [0, 0.1) is 11.6 Å². The van der Waals surface area contributed by atoms with E-state index >= 15 is 0 Å². The zero-order valence-corrected chi connectivity index (χ0v) is 42.2. The lowest BCUT2D eigenvalue weighted by Crippen LogP contribution is -2.61. The fourth-order valence-corrected chi connectivity index (χ4v) is 10.0. The van der Waals surface area contributed by atoms with Crippen molar-refractivity contribution in [2.45, 2.75) is 50.4 Å². The van der Waals surface area contributed by atoms with Crippen molar-refractivity contribution in [1.29, 1.82) is 0 Å². The largest absolute Gasteiger partial charge is 0.480 e. The number of nitrogens with one attached hydrogen (secondary N) is 2. The van der Waals surface area contributed by atoms with Crippen LogP contribution in [0.1, 0.15) is 47.1 Å². The number of aliphatic carboxylic acids is 2. The van der Waals surface area contributed by atoms with Crippen LogP contribution in [0.2, 0.25) is 5.02 Å². The SMILES string of the molecule is CCOC(=O)C1=C(CN2CC(F)C2COCC(=O)O)NC(c2nccs2)=NC1c1ccc(F)cc1Br.CCOC(=O)C1=C(CN2CC(F)C2COCC(=O)O)NC(c2nccs2)=NC1c1ccc(F)cc1Cl. The van der Waals surface area contributed by atoms with Gasteiger partial charge < -0.3 is 39.8 Å². The van der Waals surface area contributed by atoms with Crippen molar-refractivity contribution in [3.63, 3.8) is 0 Å². The highest BCUT2D eigenvalue weighted by Crippen LogP contribution is 2.40. The molecule has 72 heavy (non-hydrogen) atoms. The molecule has 4 aliphatic rings. The van der Waals surface area contributed by atoms with Gasteiger partial charge in [-0.05, 0) is 43.7 Å². The van der Waals surface area contributed by atoms with Gasteiger partial charge in [-0.15, -0.1) is 22.7 Å². The third-order valence-corrected chi connectivity index (χ3v) is 13.9. The number of hydrogen-bond donors (Lipinski definition) is 4. The first-order valence-corrected chi connectivity index (χ1v) is 25.0. The Morgan fingerprint density at radius 1 is 0.736 bits per heavy atom. The lowest BCUT2D eigenvalue weighted by Gasteiger charge is -2.44. The van der Waals surface area contributed by atoms with Crippen molar-refractivity contribution >= 4 is 85.8 Å². The van der Waals surface area contributed by atoms with Crippen LogP contribution in [0.3, 0.4) is 0 Å². The van der Waals surface area contributed by atoms with E-state index in [1.165, 1.54) is 46.9 Å². The molecule has 4 aliphatic heterocycles. The minimum absolute atomic E-state index is 0.0636. The summed E-state index contributed by atoms with van der Waals surface area (Å²) in [6.45, 7) is 2.60. The van der Waals surface area contributed by atoms with E-state index in [2.05, 4.69) is 41.5 Å². The van der Waals surface area contributed by atoms with Gasteiger partial charge >= 0.3 is 23.9 Å². The number of rotatable bonds is 20. The topological polar surface area (TPSA) is 227 Å². The molecule has 384 valence electrons. The molecule has 0 radical (unpaired) electrons. The number of carboxylic acids is 2. The van der Waals surface area contributed by atoms with Gasteiger partial charge in [-0.2, -0.15) is 0 Å². The quantitative estimate of drug-likeness (QED) is 0.0584. The number of halogens is 6. The predicted molar refractivity (Wildman–Crippen MR) is 259 cm³/mol. The minimum Gasteiger partial charge on any atom is -0.480 e. The van der Waals surface area contributed by atoms with Gasteiger partial charge in [0.2, 0.25) is 0 Å². The summed E-state index contributed by atoms with van der Waals surface area (Å²) >= 11 is 12.4. The molecule has 4 N–H and O–H groups in total. The van der Waals surface area contributed by atoms with Crippen LogP contribution in [0.5, 0.6) is 0 Å². The van der Waals surface area contributed by atoms with Gasteiger partial charge in [-0.1, -0.05) is 39.7 Å². The molecular formula is C46H46BrClF4N8O10S2. The fraction of sp³-hybridized carbons (Fsp3) is 0.391. The molecule has 6 atom stereocenters. The molecule has 6 heterocycles. The van der Waals surface area contributed by atoms with E-state index in [9.17, 15) is 36.7 Å². The Labute approximate surface area is 430 Å². The second-order valence-corrected chi connectivity index (χ2v) is 19.1. The van der Waals surface area contributed by atoms with Crippen molar-refractivity contribution in [3.8, 4) is 0 Å². The van der Waals surface area contributed by atoms with Crippen molar-refractivity contribution in [1.82, 2.24) is 30.4 Å². The molecule has 26 heteroatoms. The maximum Gasteiger partial charge on any atom is 0.338 e. The second-order valence-electron chi connectivity index (χ2n) is 16.1. The maximum absolute atomic E-state index is 14.3. The smallest absolute Gasteiger partial charge is 0.338 e. The molecule has 8 rings (SSSR count). The Bertz CT molecular complexity index is 2570. The van der Waals surface area contributed by atoms with Crippen LogP contribution in [0.25, 0.3) is 0 Å². The molecule has 2 fully saturated rings. The minimum atomic E-state index is -1.22. The zero-order chi connectivity index (χ0) is 51.6. The molecule has 6 unspecified atom stereocenters. The zero-order valence-electron chi connectivity index (χ0n) is 38.2. The number of esters is 2.